The van der Waals surface area contributed by atoms with Gasteiger partial charge >= 0.3 is 17.3 Å². The van der Waals surface area contributed by atoms with Gasteiger partial charge in [-0.2, -0.15) is 0 Å². The van der Waals surface area contributed by atoms with E-state index in [1.807, 2.05) is 0 Å². The lowest BCUT2D eigenvalue weighted by molar-refractivity contribution is 0.0463. The molecule has 0 saturated carbocycles. The van der Waals surface area contributed by atoms with Gasteiger partial charge in [-0.3, -0.25) is 18.7 Å². The van der Waals surface area contributed by atoms with E-state index in [-0.39, 0.29) is 28.8 Å². The van der Waals surface area contributed by atoms with Crippen LogP contribution < -0.4 is 22.5 Å². The number of hydrogen-bond donors (Lipinski definition) is 1. The number of para-hydroxylation sites is 1. The van der Waals surface area contributed by atoms with E-state index in [4.69, 9.17) is 4.74 Å². The Morgan fingerprint density at radius 2 is 1.66 bits per heavy atom. The Morgan fingerprint density at radius 1 is 0.938 bits per heavy atom. The lowest BCUT2D eigenvalue weighted by Crippen LogP contribution is -2.38. The van der Waals surface area contributed by atoms with Crippen LogP contribution >= 0.6 is 0 Å². The molecular formula is C22H18N4O6. The minimum Gasteiger partial charge on any atom is -0.456 e. The molecule has 2 aromatic carbocycles. The fourth-order valence-corrected chi connectivity index (χ4v) is 3.30. The van der Waals surface area contributed by atoms with E-state index in [1.54, 1.807) is 30.3 Å². The number of nitrogens with zero attached hydrogens (tertiary/aromatic N) is 3. The molecule has 0 aliphatic carbocycles. The molecule has 0 fully saturated rings. The molecule has 0 unspecified atom stereocenters. The van der Waals surface area contributed by atoms with Crippen molar-refractivity contribution in [2.45, 2.75) is 6.61 Å². The minimum atomic E-state index is -0.742. The second-order valence-corrected chi connectivity index (χ2v) is 7.12. The second-order valence-electron chi connectivity index (χ2n) is 7.12. The van der Waals surface area contributed by atoms with Gasteiger partial charge in [0.15, 0.2) is 0 Å². The molecule has 2 aromatic heterocycles. The van der Waals surface area contributed by atoms with Gasteiger partial charge in [0, 0.05) is 20.2 Å². The van der Waals surface area contributed by atoms with E-state index in [2.05, 4.69) is 4.98 Å². The first-order chi connectivity index (χ1) is 15.3. The van der Waals surface area contributed by atoms with Gasteiger partial charge in [-0.1, -0.05) is 18.2 Å². The van der Waals surface area contributed by atoms with E-state index >= 15 is 0 Å². The summed E-state index contributed by atoms with van der Waals surface area (Å²) in [6, 6.07) is 13.9. The van der Waals surface area contributed by atoms with Gasteiger partial charge < -0.3 is 9.72 Å². The summed E-state index contributed by atoms with van der Waals surface area (Å²) in [6.45, 7) is -0.301. The van der Waals surface area contributed by atoms with Gasteiger partial charge in [-0.15, -0.1) is 0 Å². The Balaban J connectivity index is 1.66. The zero-order valence-corrected chi connectivity index (χ0v) is 17.2. The fraction of sp³-hybridized carbons (Fsp3) is 0.136. The predicted octanol–water partition coefficient (Wildman–Crippen LogP) is 0.433. The molecule has 0 aliphatic heterocycles. The number of esters is 1. The predicted molar refractivity (Wildman–Crippen MR) is 116 cm³/mol. The molecule has 0 atom stereocenters. The van der Waals surface area contributed by atoms with Crippen molar-refractivity contribution < 1.29 is 9.53 Å². The zero-order valence-electron chi connectivity index (χ0n) is 17.2. The summed E-state index contributed by atoms with van der Waals surface area (Å²) in [5.41, 5.74) is -1.30. The van der Waals surface area contributed by atoms with E-state index in [0.717, 1.165) is 9.13 Å². The quantitative estimate of drug-likeness (QED) is 0.465. The van der Waals surface area contributed by atoms with E-state index in [1.165, 1.54) is 42.9 Å². The number of ether oxygens (including phenoxy) is 1. The number of hydrogen-bond acceptors (Lipinski definition) is 6. The second kappa shape index (κ2) is 7.99. The van der Waals surface area contributed by atoms with Gasteiger partial charge in [0.05, 0.1) is 27.8 Å². The van der Waals surface area contributed by atoms with Crippen LogP contribution in [0, 0.1) is 0 Å². The third kappa shape index (κ3) is 3.58. The Morgan fingerprint density at radius 3 is 2.38 bits per heavy atom. The molecule has 4 aromatic rings. The third-order valence-corrected chi connectivity index (χ3v) is 5.12. The van der Waals surface area contributed by atoms with Gasteiger partial charge in [0.25, 0.3) is 11.1 Å². The normalized spacial score (nSPS) is 10.9. The molecular weight excluding hydrogens is 416 g/mol. The molecule has 32 heavy (non-hydrogen) atoms. The topological polar surface area (TPSA) is 125 Å². The molecule has 10 heteroatoms. The van der Waals surface area contributed by atoms with Crippen LogP contribution in [-0.4, -0.2) is 24.7 Å². The van der Waals surface area contributed by atoms with Crippen molar-refractivity contribution in [2.24, 2.45) is 14.1 Å². The lowest BCUT2D eigenvalue weighted by atomic mass is 10.1. The van der Waals surface area contributed by atoms with E-state index in [9.17, 15) is 24.0 Å². The smallest absolute Gasteiger partial charge is 0.338 e. The fourth-order valence-electron chi connectivity index (χ4n) is 3.30. The lowest BCUT2D eigenvalue weighted by Gasteiger charge is -2.11. The molecule has 1 N–H and O–H groups in total. The largest absolute Gasteiger partial charge is 0.456 e. The Hall–Kier alpha value is -4.47. The van der Waals surface area contributed by atoms with Crippen molar-refractivity contribution in [1.29, 1.82) is 0 Å². The van der Waals surface area contributed by atoms with Gasteiger partial charge in [-0.25, -0.2) is 19.0 Å². The number of fused-ring (bicyclic) bond motifs is 1. The summed E-state index contributed by atoms with van der Waals surface area (Å²) >= 11 is 0. The van der Waals surface area contributed by atoms with Crippen molar-refractivity contribution in [3.63, 3.8) is 0 Å². The van der Waals surface area contributed by atoms with Crippen molar-refractivity contribution in [3.8, 4) is 5.69 Å². The number of nitrogens with one attached hydrogen (secondary N) is 1. The number of rotatable bonds is 4. The van der Waals surface area contributed by atoms with Crippen LogP contribution in [0.4, 0.5) is 0 Å². The van der Waals surface area contributed by atoms with Gasteiger partial charge in [0.1, 0.15) is 6.61 Å². The highest BCUT2D eigenvalue weighted by Crippen LogP contribution is 2.12. The highest BCUT2D eigenvalue weighted by molar-refractivity contribution is 5.94. The summed E-state index contributed by atoms with van der Waals surface area (Å²) in [5, 5.41) is 0.221. The molecule has 2 heterocycles. The Bertz CT molecular complexity index is 1590. The molecule has 162 valence electrons. The van der Waals surface area contributed by atoms with Crippen molar-refractivity contribution >= 4 is 16.9 Å². The number of H-pyrrole nitrogens is 1. The van der Waals surface area contributed by atoms with Crippen LogP contribution in [0.3, 0.4) is 0 Å². The maximum atomic E-state index is 12.8. The number of aromatic nitrogens is 4. The van der Waals surface area contributed by atoms with Crippen LogP contribution in [-0.2, 0) is 25.4 Å². The van der Waals surface area contributed by atoms with Crippen LogP contribution in [0.2, 0.25) is 0 Å². The molecule has 10 nitrogen and oxygen atoms in total. The average molecular weight is 434 g/mol. The molecule has 4 rings (SSSR count). The SMILES string of the molecule is Cn1c(COC(=O)c2ccc3c(=O)n(-c4ccccc4)c(=O)[nH]c3c2)cc(=O)n(C)c1=O. The molecule has 0 spiro atoms. The summed E-state index contributed by atoms with van der Waals surface area (Å²) in [6.07, 6.45) is 0. The standard InChI is InChI=1S/C22H18N4O6/c1-24-15(11-18(27)25(2)22(24)31)12-32-20(29)13-8-9-16-17(10-13)23-21(30)26(19(16)28)14-6-4-3-5-7-14/h3-11H,12H2,1-2H3,(H,23,30). The number of carbonyl (C=O) groups excluding carboxylic acids is 1. The molecule has 0 radical (unpaired) electrons. The van der Waals surface area contributed by atoms with E-state index < -0.39 is 28.5 Å². The molecule has 0 saturated heterocycles. The third-order valence-electron chi connectivity index (χ3n) is 5.12. The average Bonchev–Trinajstić information content (AvgIpc) is 2.79. The Labute approximate surface area is 179 Å². The zero-order chi connectivity index (χ0) is 23.0. The first-order valence-corrected chi connectivity index (χ1v) is 9.55. The van der Waals surface area contributed by atoms with Crippen molar-refractivity contribution in [3.05, 3.63) is 108 Å². The van der Waals surface area contributed by atoms with Crippen LogP contribution in [0.25, 0.3) is 16.6 Å². The molecule has 0 bridgehead atoms. The maximum absolute atomic E-state index is 12.8. The first-order valence-electron chi connectivity index (χ1n) is 9.55. The highest BCUT2D eigenvalue weighted by Gasteiger charge is 2.14. The molecule has 0 aliphatic rings. The van der Waals surface area contributed by atoms with Crippen molar-refractivity contribution in [1.82, 2.24) is 18.7 Å². The van der Waals surface area contributed by atoms with Gasteiger partial charge in [0.2, 0.25) is 0 Å². The molecule has 0 amide bonds. The summed E-state index contributed by atoms with van der Waals surface area (Å²) in [7, 11) is 2.81. The first kappa shape index (κ1) is 20.8. The maximum Gasteiger partial charge on any atom is 0.338 e. The van der Waals surface area contributed by atoms with Gasteiger partial charge in [-0.05, 0) is 30.3 Å². The highest BCUT2D eigenvalue weighted by atomic mass is 16.5. The van der Waals surface area contributed by atoms with E-state index in [0.29, 0.717) is 5.69 Å². The van der Waals surface area contributed by atoms with Crippen LogP contribution in [0.1, 0.15) is 16.1 Å². The summed E-state index contributed by atoms with van der Waals surface area (Å²) in [5.74, 6) is -0.742. The number of aromatic amines is 1. The van der Waals surface area contributed by atoms with Crippen molar-refractivity contribution in [2.75, 3.05) is 0 Å². The number of carbonyl (C=O) groups is 1. The Kier molecular flexibility index (Phi) is 5.19. The monoisotopic (exact) mass is 434 g/mol. The summed E-state index contributed by atoms with van der Waals surface area (Å²) in [4.78, 5) is 64.2. The summed E-state index contributed by atoms with van der Waals surface area (Å²) < 4.78 is 8.38. The minimum absolute atomic E-state index is 0.0962. The van der Waals surface area contributed by atoms with Crippen LogP contribution in [0.15, 0.2) is 73.8 Å². The van der Waals surface area contributed by atoms with Crippen LogP contribution in [0.5, 0.6) is 0 Å². The number of benzene rings is 2.